The number of hydrogen-bond acceptors (Lipinski definition) is 8. The van der Waals surface area contributed by atoms with Crippen molar-refractivity contribution >= 4 is 23.8 Å². The molecule has 1 aliphatic heterocycles. The molecule has 3 N–H and O–H groups in total. The van der Waals surface area contributed by atoms with Crippen molar-refractivity contribution in [3.05, 3.63) is 65.2 Å². The highest BCUT2D eigenvalue weighted by Gasteiger charge is 2.33. The van der Waals surface area contributed by atoms with Gasteiger partial charge in [-0.1, -0.05) is 52.0 Å². The van der Waals surface area contributed by atoms with E-state index in [-0.39, 0.29) is 55.1 Å². The molecule has 44 heavy (non-hydrogen) atoms. The van der Waals surface area contributed by atoms with Crippen LogP contribution in [0, 0.1) is 11.8 Å². The first kappa shape index (κ1) is 34.7. The van der Waals surface area contributed by atoms with Crippen LogP contribution in [-0.4, -0.2) is 65.0 Å². The molecule has 2 aromatic carbocycles. The van der Waals surface area contributed by atoms with E-state index in [0.29, 0.717) is 29.7 Å². The SMILES string of the molecule is CC(C)C(=O)OCc1cc(C(O)CNC(C)(C)CNC(=O)C2CCCCN2C(=O)c2ccccc2)ccc1OC(=O)C(C)C. The number of aliphatic hydroxyl groups is 1. The maximum absolute atomic E-state index is 13.2. The molecule has 0 radical (unpaired) electrons. The number of aliphatic hydroxyl groups excluding tert-OH is 1. The first-order valence-corrected chi connectivity index (χ1v) is 15.4. The Morgan fingerprint density at radius 1 is 0.977 bits per heavy atom. The van der Waals surface area contributed by atoms with Gasteiger partial charge in [-0.05, 0) is 62.9 Å². The second-order valence-electron chi connectivity index (χ2n) is 12.6. The van der Waals surface area contributed by atoms with E-state index < -0.39 is 23.7 Å². The molecule has 0 bridgehead atoms. The number of likely N-dealkylation sites (tertiary alicyclic amines) is 1. The number of nitrogens with zero attached hydrogens (tertiary/aromatic N) is 1. The van der Waals surface area contributed by atoms with Crippen molar-refractivity contribution in [2.75, 3.05) is 19.6 Å². The molecule has 1 aliphatic rings. The fourth-order valence-electron chi connectivity index (χ4n) is 4.73. The molecule has 0 saturated carbocycles. The Labute approximate surface area is 260 Å². The van der Waals surface area contributed by atoms with Gasteiger partial charge in [-0.2, -0.15) is 0 Å². The summed E-state index contributed by atoms with van der Waals surface area (Å²) in [5.74, 6) is -1.53. The Morgan fingerprint density at radius 2 is 1.66 bits per heavy atom. The summed E-state index contributed by atoms with van der Waals surface area (Å²) in [6.07, 6.45) is 1.40. The van der Waals surface area contributed by atoms with Crippen LogP contribution in [0.3, 0.4) is 0 Å². The summed E-state index contributed by atoms with van der Waals surface area (Å²) in [4.78, 5) is 52.3. The maximum Gasteiger partial charge on any atom is 0.313 e. The van der Waals surface area contributed by atoms with Crippen LogP contribution in [0.2, 0.25) is 0 Å². The second kappa shape index (κ2) is 15.8. The summed E-state index contributed by atoms with van der Waals surface area (Å²) in [7, 11) is 0. The Bertz CT molecular complexity index is 1290. The Hall–Kier alpha value is -3.76. The van der Waals surface area contributed by atoms with Crippen LogP contribution < -0.4 is 15.4 Å². The quantitative estimate of drug-likeness (QED) is 0.228. The number of rotatable bonds is 13. The second-order valence-corrected chi connectivity index (χ2v) is 12.6. The highest BCUT2D eigenvalue weighted by molar-refractivity contribution is 5.97. The Kier molecular flexibility index (Phi) is 12.5. The van der Waals surface area contributed by atoms with E-state index in [1.165, 1.54) is 0 Å². The van der Waals surface area contributed by atoms with Crippen LogP contribution >= 0.6 is 0 Å². The Morgan fingerprint density at radius 3 is 2.32 bits per heavy atom. The first-order valence-electron chi connectivity index (χ1n) is 15.4. The highest BCUT2D eigenvalue weighted by Crippen LogP contribution is 2.26. The molecule has 2 aromatic rings. The molecule has 1 heterocycles. The average Bonchev–Trinajstić information content (AvgIpc) is 3.01. The van der Waals surface area contributed by atoms with E-state index in [1.54, 1.807) is 62.9 Å². The zero-order valence-electron chi connectivity index (χ0n) is 26.7. The maximum atomic E-state index is 13.2. The lowest BCUT2D eigenvalue weighted by Crippen LogP contribution is -2.56. The predicted octanol–water partition coefficient (Wildman–Crippen LogP) is 4.16. The summed E-state index contributed by atoms with van der Waals surface area (Å²) in [6, 6.07) is 13.4. The average molecular weight is 610 g/mol. The minimum absolute atomic E-state index is 0.103. The molecule has 1 saturated heterocycles. The van der Waals surface area contributed by atoms with Gasteiger partial charge in [0.1, 0.15) is 18.4 Å². The molecule has 0 spiro atoms. The van der Waals surface area contributed by atoms with Crippen molar-refractivity contribution < 1.29 is 33.8 Å². The summed E-state index contributed by atoms with van der Waals surface area (Å²) < 4.78 is 10.9. The molecular weight excluding hydrogens is 562 g/mol. The van der Waals surface area contributed by atoms with Gasteiger partial charge >= 0.3 is 11.9 Å². The minimum Gasteiger partial charge on any atom is -0.460 e. The van der Waals surface area contributed by atoms with Crippen LogP contribution in [0.15, 0.2) is 48.5 Å². The van der Waals surface area contributed by atoms with Crippen LogP contribution in [0.5, 0.6) is 5.75 Å². The van der Waals surface area contributed by atoms with E-state index in [0.717, 1.165) is 12.8 Å². The number of carbonyl (C=O) groups is 4. The lowest BCUT2D eigenvalue weighted by atomic mass is 9.99. The van der Waals surface area contributed by atoms with Crippen LogP contribution in [0.25, 0.3) is 0 Å². The molecule has 3 rings (SSSR count). The topological polar surface area (TPSA) is 134 Å². The summed E-state index contributed by atoms with van der Waals surface area (Å²) in [5.41, 5.74) is 1.00. The molecule has 0 aliphatic carbocycles. The number of carbonyl (C=O) groups excluding carboxylic acids is 4. The molecule has 1 fully saturated rings. The van der Waals surface area contributed by atoms with Gasteiger partial charge < -0.3 is 30.1 Å². The molecule has 2 atom stereocenters. The van der Waals surface area contributed by atoms with Gasteiger partial charge in [-0.3, -0.25) is 19.2 Å². The minimum atomic E-state index is -0.934. The van der Waals surface area contributed by atoms with Crippen molar-refractivity contribution in [2.45, 2.75) is 85.1 Å². The lowest BCUT2D eigenvalue weighted by Gasteiger charge is -2.36. The molecule has 2 amide bonds. The van der Waals surface area contributed by atoms with Crippen molar-refractivity contribution in [3.63, 3.8) is 0 Å². The largest absolute Gasteiger partial charge is 0.460 e. The number of nitrogens with one attached hydrogen (secondary N) is 2. The van der Waals surface area contributed by atoms with E-state index in [4.69, 9.17) is 9.47 Å². The van der Waals surface area contributed by atoms with Crippen LogP contribution in [-0.2, 0) is 25.7 Å². The number of β-amino-alcohol motifs (C(OH)–C–C–N with tert-alkyl or cyclic N) is 1. The molecule has 10 heteroatoms. The van der Waals surface area contributed by atoms with Gasteiger partial charge in [-0.15, -0.1) is 0 Å². The third-order valence-electron chi connectivity index (χ3n) is 7.56. The van der Waals surface area contributed by atoms with Crippen molar-refractivity contribution in [2.24, 2.45) is 11.8 Å². The number of benzene rings is 2. The smallest absolute Gasteiger partial charge is 0.313 e. The van der Waals surface area contributed by atoms with Crippen LogP contribution in [0.1, 0.15) is 88.4 Å². The normalized spacial score (nSPS) is 16.0. The van der Waals surface area contributed by atoms with Crippen molar-refractivity contribution in [3.8, 4) is 5.75 Å². The highest BCUT2D eigenvalue weighted by atomic mass is 16.5. The molecular formula is C34H47N3O7. The van der Waals surface area contributed by atoms with E-state index in [1.807, 2.05) is 32.0 Å². The zero-order valence-corrected chi connectivity index (χ0v) is 26.7. The van der Waals surface area contributed by atoms with Crippen LogP contribution in [0.4, 0.5) is 0 Å². The van der Waals surface area contributed by atoms with Gasteiger partial charge in [0, 0.05) is 36.3 Å². The van der Waals surface area contributed by atoms with E-state index >= 15 is 0 Å². The van der Waals surface area contributed by atoms with E-state index in [9.17, 15) is 24.3 Å². The standard InChI is InChI=1S/C34H47N3O7/c1-22(2)32(41)43-20-26-18-25(15-16-29(26)44-33(42)23(3)4)28(38)19-36-34(5,6)21-35-30(39)27-14-10-11-17-37(27)31(40)24-12-8-7-9-13-24/h7-9,12-13,15-16,18,22-23,27-28,36,38H,10-11,14,17,19-21H2,1-6H3,(H,35,39). The van der Waals surface area contributed by atoms with Crippen molar-refractivity contribution in [1.29, 1.82) is 0 Å². The van der Waals surface area contributed by atoms with Gasteiger partial charge in [0.05, 0.1) is 17.9 Å². The fourth-order valence-corrected chi connectivity index (χ4v) is 4.73. The number of ether oxygens (including phenoxy) is 2. The van der Waals surface area contributed by atoms with Gasteiger partial charge in [0.15, 0.2) is 0 Å². The summed E-state index contributed by atoms with van der Waals surface area (Å²) >= 11 is 0. The third-order valence-corrected chi connectivity index (χ3v) is 7.56. The van der Waals surface area contributed by atoms with E-state index in [2.05, 4.69) is 10.6 Å². The predicted molar refractivity (Wildman–Crippen MR) is 167 cm³/mol. The molecule has 2 unspecified atom stereocenters. The van der Waals surface area contributed by atoms with Crippen molar-refractivity contribution in [1.82, 2.24) is 15.5 Å². The number of esters is 2. The Balaban J connectivity index is 1.61. The number of amides is 2. The van der Waals surface area contributed by atoms with Gasteiger partial charge in [0.25, 0.3) is 5.91 Å². The fraction of sp³-hybridized carbons (Fsp3) is 0.529. The first-order chi connectivity index (χ1) is 20.8. The molecule has 10 nitrogen and oxygen atoms in total. The molecule has 0 aromatic heterocycles. The zero-order chi connectivity index (χ0) is 32.4. The monoisotopic (exact) mass is 609 g/mol. The lowest BCUT2D eigenvalue weighted by molar-refractivity contribution is -0.148. The summed E-state index contributed by atoms with van der Waals surface area (Å²) in [5, 5.41) is 17.3. The number of piperidine rings is 1. The third kappa shape index (κ3) is 9.89. The molecule has 240 valence electrons. The summed E-state index contributed by atoms with van der Waals surface area (Å²) in [6.45, 7) is 11.6. The number of hydrogen-bond donors (Lipinski definition) is 3. The van der Waals surface area contributed by atoms with Gasteiger partial charge in [0.2, 0.25) is 5.91 Å². The van der Waals surface area contributed by atoms with Gasteiger partial charge in [-0.25, -0.2) is 0 Å².